The second kappa shape index (κ2) is 8.81. The Morgan fingerprint density at radius 2 is 2.22 bits per heavy atom. The number of hydrogen-bond acceptors (Lipinski definition) is 5. The van der Waals surface area contributed by atoms with Crippen molar-refractivity contribution in [3.8, 4) is 11.3 Å². The van der Waals surface area contributed by atoms with E-state index in [2.05, 4.69) is 15.6 Å². The molecule has 0 aliphatic carbocycles. The number of ether oxygens (including phenoxy) is 1. The first-order valence-corrected chi connectivity index (χ1v) is 7.66. The van der Waals surface area contributed by atoms with Gasteiger partial charge in [-0.1, -0.05) is 0 Å². The first kappa shape index (κ1) is 19.3. The van der Waals surface area contributed by atoms with Crippen molar-refractivity contribution in [2.24, 2.45) is 0 Å². The lowest BCUT2D eigenvalue weighted by atomic mass is 10.1. The third-order valence-electron chi connectivity index (χ3n) is 2.86. The summed E-state index contributed by atoms with van der Waals surface area (Å²) < 4.78 is 19.2. The summed E-state index contributed by atoms with van der Waals surface area (Å²) in [6.07, 6.45) is 0. The minimum absolute atomic E-state index is 0. The maximum absolute atomic E-state index is 14.2. The number of nitrogens with zero attached hydrogens (tertiary/aromatic N) is 1. The first-order chi connectivity index (χ1) is 10.5. The van der Waals surface area contributed by atoms with Crippen molar-refractivity contribution < 1.29 is 13.9 Å². The van der Waals surface area contributed by atoms with Crippen LogP contribution < -0.4 is 10.6 Å². The molecule has 23 heavy (non-hydrogen) atoms. The number of thiazole rings is 1. The molecule has 1 aromatic heterocycles. The van der Waals surface area contributed by atoms with Crippen LogP contribution in [0.2, 0.25) is 0 Å². The van der Waals surface area contributed by atoms with E-state index in [1.165, 1.54) is 24.3 Å². The second-order valence-electron chi connectivity index (χ2n) is 4.91. The van der Waals surface area contributed by atoms with E-state index >= 15 is 0 Å². The van der Waals surface area contributed by atoms with Crippen LogP contribution in [0.3, 0.4) is 0 Å². The van der Waals surface area contributed by atoms with E-state index in [0.717, 1.165) is 0 Å². The van der Waals surface area contributed by atoms with Crippen LogP contribution in [0.5, 0.6) is 0 Å². The molecule has 0 spiro atoms. The van der Waals surface area contributed by atoms with Crippen LogP contribution >= 0.6 is 23.7 Å². The van der Waals surface area contributed by atoms with Crippen LogP contribution in [0.15, 0.2) is 23.6 Å². The smallest absolute Gasteiger partial charge is 0.221 e. The van der Waals surface area contributed by atoms with Gasteiger partial charge in [0.25, 0.3) is 0 Å². The summed E-state index contributed by atoms with van der Waals surface area (Å²) in [4.78, 5) is 15.4. The zero-order chi connectivity index (χ0) is 16.1. The first-order valence-electron chi connectivity index (χ1n) is 6.78. The van der Waals surface area contributed by atoms with Crippen molar-refractivity contribution in [1.82, 2.24) is 4.98 Å². The molecule has 2 aromatic rings. The second-order valence-corrected chi connectivity index (χ2v) is 5.77. The summed E-state index contributed by atoms with van der Waals surface area (Å²) in [5, 5.41) is 8.24. The van der Waals surface area contributed by atoms with E-state index in [4.69, 9.17) is 4.74 Å². The van der Waals surface area contributed by atoms with Crippen molar-refractivity contribution >= 4 is 40.5 Å². The molecule has 2 rings (SSSR count). The highest BCUT2D eigenvalue weighted by molar-refractivity contribution is 7.14. The molecule has 1 aromatic carbocycles. The van der Waals surface area contributed by atoms with E-state index in [9.17, 15) is 9.18 Å². The lowest BCUT2D eigenvalue weighted by Crippen LogP contribution is -2.20. The quantitative estimate of drug-likeness (QED) is 0.824. The maximum Gasteiger partial charge on any atom is 0.221 e. The normalized spacial score (nSPS) is 11.5. The molecule has 1 heterocycles. The van der Waals surface area contributed by atoms with Crippen LogP contribution in [-0.2, 0) is 9.53 Å². The van der Waals surface area contributed by atoms with Crippen molar-refractivity contribution in [3.05, 3.63) is 29.4 Å². The molecule has 0 aliphatic heterocycles. The average molecular weight is 360 g/mol. The molecule has 0 saturated heterocycles. The van der Waals surface area contributed by atoms with Gasteiger partial charge in [0.05, 0.1) is 12.3 Å². The molecular formula is C15H19ClFN3O2S. The molecule has 1 amide bonds. The SMILES string of the molecule is COCC(C)Nc1nc(-c2ccc(NC(C)=O)cc2F)cs1.Cl. The molecule has 0 bridgehead atoms. The van der Waals surface area contributed by atoms with Crippen LogP contribution in [0, 0.1) is 5.82 Å². The molecule has 5 nitrogen and oxygen atoms in total. The van der Waals surface area contributed by atoms with E-state index in [0.29, 0.717) is 28.7 Å². The van der Waals surface area contributed by atoms with Gasteiger partial charge in [0, 0.05) is 36.7 Å². The fourth-order valence-corrected chi connectivity index (χ4v) is 2.79. The summed E-state index contributed by atoms with van der Waals surface area (Å²) in [7, 11) is 1.64. The number of aromatic nitrogens is 1. The number of hydrogen-bond donors (Lipinski definition) is 2. The zero-order valence-corrected chi connectivity index (χ0v) is 14.7. The molecule has 2 N–H and O–H groups in total. The molecule has 1 atom stereocenters. The molecule has 0 aliphatic rings. The van der Waals surface area contributed by atoms with Crippen molar-refractivity contribution in [2.75, 3.05) is 24.4 Å². The number of methoxy groups -OCH3 is 1. The molecule has 0 saturated carbocycles. The molecule has 8 heteroatoms. The van der Waals surface area contributed by atoms with E-state index < -0.39 is 5.82 Å². The lowest BCUT2D eigenvalue weighted by molar-refractivity contribution is -0.114. The number of anilines is 2. The highest BCUT2D eigenvalue weighted by atomic mass is 35.5. The summed E-state index contributed by atoms with van der Waals surface area (Å²) in [6.45, 7) is 3.92. The number of amides is 1. The minimum atomic E-state index is -0.423. The van der Waals surface area contributed by atoms with Crippen molar-refractivity contribution in [1.29, 1.82) is 0 Å². The van der Waals surface area contributed by atoms with Gasteiger partial charge in [-0.3, -0.25) is 4.79 Å². The lowest BCUT2D eigenvalue weighted by Gasteiger charge is -2.10. The van der Waals surface area contributed by atoms with Gasteiger partial charge in [-0.2, -0.15) is 0 Å². The Labute approximate surface area is 144 Å². The molecule has 1 unspecified atom stereocenters. The van der Waals surface area contributed by atoms with E-state index in [-0.39, 0.29) is 24.4 Å². The molecule has 0 radical (unpaired) electrons. The molecule has 126 valence electrons. The van der Waals surface area contributed by atoms with Crippen molar-refractivity contribution in [2.45, 2.75) is 19.9 Å². The summed E-state index contributed by atoms with van der Waals surface area (Å²) in [5.41, 5.74) is 1.39. The van der Waals surface area contributed by atoms with Gasteiger partial charge in [0.15, 0.2) is 5.13 Å². The predicted octanol–water partition coefficient (Wildman–Crippen LogP) is 3.78. The number of halogens is 2. The third-order valence-corrected chi connectivity index (χ3v) is 3.63. The highest BCUT2D eigenvalue weighted by Gasteiger charge is 2.12. The molecule has 0 fully saturated rings. The van der Waals surface area contributed by atoms with Gasteiger partial charge in [0.1, 0.15) is 5.82 Å². The van der Waals surface area contributed by atoms with Gasteiger partial charge >= 0.3 is 0 Å². The standard InChI is InChI=1S/C15H18FN3O2S.ClH/c1-9(7-21-3)17-15-19-14(8-22-15)12-5-4-11(6-13(12)16)18-10(2)20;/h4-6,8-9H,7H2,1-3H3,(H,17,19)(H,18,20);1H. The van der Waals surface area contributed by atoms with E-state index in [1.807, 2.05) is 6.92 Å². The largest absolute Gasteiger partial charge is 0.383 e. The van der Waals surface area contributed by atoms with Crippen LogP contribution in [0.25, 0.3) is 11.3 Å². The van der Waals surface area contributed by atoms with E-state index in [1.54, 1.807) is 24.6 Å². The zero-order valence-electron chi connectivity index (χ0n) is 13.1. The topological polar surface area (TPSA) is 63.2 Å². The number of benzene rings is 1. The van der Waals surface area contributed by atoms with Crippen LogP contribution in [0.1, 0.15) is 13.8 Å². The maximum atomic E-state index is 14.2. The number of carbonyl (C=O) groups is 1. The van der Waals surface area contributed by atoms with Gasteiger partial charge < -0.3 is 15.4 Å². The fourth-order valence-electron chi connectivity index (χ4n) is 1.97. The van der Waals surface area contributed by atoms with Gasteiger partial charge in [0.2, 0.25) is 5.91 Å². The van der Waals surface area contributed by atoms with Gasteiger partial charge in [-0.15, -0.1) is 23.7 Å². The predicted molar refractivity (Wildman–Crippen MR) is 94.0 cm³/mol. The van der Waals surface area contributed by atoms with Gasteiger partial charge in [-0.25, -0.2) is 9.37 Å². The third kappa shape index (κ3) is 5.46. The Morgan fingerprint density at radius 3 is 2.83 bits per heavy atom. The Balaban J connectivity index is 0.00000264. The monoisotopic (exact) mass is 359 g/mol. The van der Waals surface area contributed by atoms with Crippen molar-refractivity contribution in [3.63, 3.8) is 0 Å². The Morgan fingerprint density at radius 1 is 1.48 bits per heavy atom. The number of rotatable bonds is 6. The van der Waals surface area contributed by atoms with Crippen LogP contribution in [0.4, 0.5) is 15.2 Å². The highest BCUT2D eigenvalue weighted by Crippen LogP contribution is 2.28. The summed E-state index contributed by atoms with van der Waals surface area (Å²) in [5.74, 6) is -0.660. The molecular weight excluding hydrogens is 341 g/mol. The summed E-state index contributed by atoms with van der Waals surface area (Å²) in [6, 6.07) is 4.67. The summed E-state index contributed by atoms with van der Waals surface area (Å²) >= 11 is 1.41. The average Bonchev–Trinajstić information content (AvgIpc) is 2.86. The Bertz CT molecular complexity index is 666. The van der Waals surface area contributed by atoms with Crippen LogP contribution in [-0.4, -0.2) is 30.6 Å². The van der Waals surface area contributed by atoms with Gasteiger partial charge in [-0.05, 0) is 25.1 Å². The fraction of sp³-hybridized carbons (Fsp3) is 0.333. The number of carbonyl (C=O) groups excluding carboxylic acids is 1. The Kier molecular flexibility index (Phi) is 7.41. The minimum Gasteiger partial charge on any atom is -0.383 e. The number of nitrogens with one attached hydrogen (secondary N) is 2. The Hall–Kier alpha value is -1.70.